The molecule has 1 heterocycles. The van der Waals surface area contributed by atoms with Crippen LogP contribution >= 0.6 is 11.6 Å². The summed E-state index contributed by atoms with van der Waals surface area (Å²) >= 11 is 6.09. The average molecular weight is 423 g/mol. The zero-order chi connectivity index (χ0) is 20.3. The van der Waals surface area contributed by atoms with Crippen LogP contribution in [0.4, 0.5) is 5.69 Å². The maximum Gasteiger partial charge on any atom is 0.340 e. The predicted molar refractivity (Wildman–Crippen MR) is 109 cm³/mol. The van der Waals surface area contributed by atoms with E-state index in [0.29, 0.717) is 38.4 Å². The van der Waals surface area contributed by atoms with Crippen molar-refractivity contribution in [2.75, 3.05) is 18.4 Å². The maximum atomic E-state index is 12.6. The number of benzene rings is 2. The fourth-order valence-electron chi connectivity index (χ4n) is 3.01. The topological polar surface area (TPSA) is 109 Å². The standard InChI is InChI=1S/C19H19ClN2O5S/c1-21-28(25,26)22-14-4-2-3-12(9-14)10-17-15(7-8-23)16-11-13(20)5-6-18(16)27-19(17)24/h2-6,9,11,21-23H,7-8,10H2,1H3. The average Bonchev–Trinajstić information content (AvgIpc) is 2.65. The van der Waals surface area contributed by atoms with Gasteiger partial charge in [-0.15, -0.1) is 0 Å². The highest BCUT2D eigenvalue weighted by molar-refractivity contribution is 7.90. The Hall–Kier alpha value is -2.39. The number of hydrogen-bond donors (Lipinski definition) is 3. The van der Waals surface area contributed by atoms with Crippen molar-refractivity contribution < 1.29 is 17.9 Å². The van der Waals surface area contributed by atoms with E-state index in [0.717, 1.165) is 0 Å². The summed E-state index contributed by atoms with van der Waals surface area (Å²) in [6.07, 6.45) is 0.485. The monoisotopic (exact) mass is 422 g/mol. The van der Waals surface area contributed by atoms with Gasteiger partial charge in [0.1, 0.15) is 5.58 Å². The van der Waals surface area contributed by atoms with Crippen molar-refractivity contribution >= 4 is 38.5 Å². The Bertz CT molecular complexity index is 1170. The fraction of sp³-hybridized carbons (Fsp3) is 0.211. The van der Waals surface area contributed by atoms with E-state index in [1.807, 2.05) is 0 Å². The fourth-order valence-corrected chi connectivity index (χ4v) is 3.72. The smallest absolute Gasteiger partial charge is 0.340 e. The van der Waals surface area contributed by atoms with Gasteiger partial charge in [-0.05, 0) is 47.9 Å². The predicted octanol–water partition coefficient (Wildman–Crippen LogP) is 2.45. The molecule has 28 heavy (non-hydrogen) atoms. The minimum atomic E-state index is -3.65. The van der Waals surface area contributed by atoms with Crippen molar-refractivity contribution in [1.82, 2.24) is 4.72 Å². The molecule has 148 valence electrons. The van der Waals surface area contributed by atoms with Crippen molar-refractivity contribution in [2.24, 2.45) is 0 Å². The van der Waals surface area contributed by atoms with Crippen LogP contribution in [0.1, 0.15) is 16.7 Å². The molecule has 1 aromatic heterocycles. The molecule has 0 bridgehead atoms. The van der Waals surface area contributed by atoms with Gasteiger partial charge >= 0.3 is 5.63 Å². The first-order valence-electron chi connectivity index (χ1n) is 8.48. The second-order valence-corrected chi connectivity index (χ2v) is 8.20. The Morgan fingerprint density at radius 2 is 1.93 bits per heavy atom. The van der Waals surface area contributed by atoms with Gasteiger partial charge in [0.2, 0.25) is 0 Å². The largest absolute Gasteiger partial charge is 0.423 e. The van der Waals surface area contributed by atoms with Crippen molar-refractivity contribution in [3.8, 4) is 0 Å². The molecule has 0 aliphatic heterocycles. The van der Waals surface area contributed by atoms with Crippen molar-refractivity contribution in [2.45, 2.75) is 12.8 Å². The zero-order valence-corrected chi connectivity index (χ0v) is 16.6. The van der Waals surface area contributed by atoms with Crippen LogP contribution in [0.2, 0.25) is 5.02 Å². The normalized spacial score (nSPS) is 11.7. The number of fused-ring (bicyclic) bond motifs is 1. The van der Waals surface area contributed by atoms with Crippen molar-refractivity contribution in [3.63, 3.8) is 0 Å². The van der Waals surface area contributed by atoms with Crippen molar-refractivity contribution in [1.29, 1.82) is 0 Å². The SMILES string of the molecule is CNS(=O)(=O)Nc1cccc(Cc2c(CCO)c3cc(Cl)ccc3oc2=O)c1. The lowest BCUT2D eigenvalue weighted by molar-refractivity contribution is 0.299. The second kappa shape index (κ2) is 8.32. The molecular weight excluding hydrogens is 404 g/mol. The molecule has 3 N–H and O–H groups in total. The molecule has 0 aliphatic carbocycles. The molecule has 0 saturated heterocycles. The van der Waals surface area contributed by atoms with Crippen LogP contribution in [0.15, 0.2) is 51.7 Å². The Balaban J connectivity index is 2.06. The van der Waals surface area contributed by atoms with Gasteiger partial charge in [-0.3, -0.25) is 4.72 Å². The Labute approximate surface area is 167 Å². The maximum absolute atomic E-state index is 12.6. The third-order valence-corrected chi connectivity index (χ3v) is 5.55. The molecule has 0 aliphatic rings. The minimum Gasteiger partial charge on any atom is -0.423 e. The number of aliphatic hydroxyl groups excluding tert-OH is 1. The van der Waals surface area contributed by atoms with Crippen LogP contribution in [0, 0.1) is 0 Å². The van der Waals surface area contributed by atoms with Gasteiger partial charge in [-0.2, -0.15) is 8.42 Å². The highest BCUT2D eigenvalue weighted by Gasteiger charge is 2.16. The highest BCUT2D eigenvalue weighted by atomic mass is 35.5. The van der Waals surface area contributed by atoms with E-state index in [2.05, 4.69) is 9.44 Å². The molecule has 2 aromatic carbocycles. The van der Waals surface area contributed by atoms with Crippen LogP contribution in [-0.4, -0.2) is 27.2 Å². The highest BCUT2D eigenvalue weighted by Crippen LogP contribution is 2.26. The van der Waals surface area contributed by atoms with E-state index in [1.165, 1.54) is 7.05 Å². The number of halogens is 1. The molecule has 0 fully saturated rings. The van der Waals surface area contributed by atoms with Gasteiger partial charge in [-0.1, -0.05) is 23.7 Å². The van der Waals surface area contributed by atoms with Gasteiger partial charge in [0, 0.05) is 36.0 Å². The summed E-state index contributed by atoms with van der Waals surface area (Å²) in [7, 11) is -2.34. The van der Waals surface area contributed by atoms with Gasteiger partial charge in [0.15, 0.2) is 0 Å². The number of aliphatic hydroxyl groups is 1. The van der Waals surface area contributed by atoms with Gasteiger partial charge in [0.05, 0.1) is 5.69 Å². The lowest BCUT2D eigenvalue weighted by atomic mass is 9.96. The molecule has 9 heteroatoms. The zero-order valence-electron chi connectivity index (χ0n) is 15.0. The summed E-state index contributed by atoms with van der Waals surface area (Å²) in [4.78, 5) is 12.6. The molecule has 3 rings (SSSR count). The molecule has 0 spiro atoms. The molecule has 0 amide bonds. The van der Waals surface area contributed by atoms with Crippen molar-refractivity contribution in [3.05, 3.63) is 74.6 Å². The first-order valence-corrected chi connectivity index (χ1v) is 10.3. The van der Waals surface area contributed by atoms with Crippen LogP contribution in [0.25, 0.3) is 11.0 Å². The van der Waals surface area contributed by atoms with Crippen LogP contribution in [0.3, 0.4) is 0 Å². The lowest BCUT2D eigenvalue weighted by Gasteiger charge is -2.12. The molecule has 0 unspecified atom stereocenters. The van der Waals surface area contributed by atoms with Crippen LogP contribution in [0.5, 0.6) is 0 Å². The Morgan fingerprint density at radius 1 is 1.14 bits per heavy atom. The first kappa shape index (κ1) is 20.3. The van der Waals surface area contributed by atoms with E-state index < -0.39 is 15.8 Å². The van der Waals surface area contributed by atoms with Gasteiger partial charge in [-0.25, -0.2) is 9.52 Å². The summed E-state index contributed by atoms with van der Waals surface area (Å²) in [5.41, 5.74) is 2.04. The molecule has 0 atom stereocenters. The summed E-state index contributed by atoms with van der Waals surface area (Å²) in [6.45, 7) is -0.139. The van der Waals surface area contributed by atoms with Crippen LogP contribution < -0.4 is 15.1 Å². The lowest BCUT2D eigenvalue weighted by Crippen LogP contribution is -2.26. The number of hydrogen-bond acceptors (Lipinski definition) is 5. The van der Waals surface area contributed by atoms with E-state index in [-0.39, 0.29) is 19.4 Å². The quantitative estimate of drug-likeness (QED) is 0.507. The van der Waals surface area contributed by atoms with E-state index in [1.54, 1.807) is 42.5 Å². The second-order valence-electron chi connectivity index (χ2n) is 6.15. The molecule has 3 aromatic rings. The number of nitrogens with one attached hydrogen (secondary N) is 2. The van der Waals surface area contributed by atoms with E-state index in [9.17, 15) is 18.3 Å². The molecule has 7 nitrogen and oxygen atoms in total. The summed E-state index contributed by atoms with van der Waals surface area (Å²) < 4.78 is 33.3. The third-order valence-electron chi connectivity index (χ3n) is 4.27. The van der Waals surface area contributed by atoms with Gasteiger partial charge < -0.3 is 9.52 Å². The summed E-state index contributed by atoms with van der Waals surface area (Å²) in [5.74, 6) is 0. The van der Waals surface area contributed by atoms with E-state index >= 15 is 0 Å². The molecule has 0 radical (unpaired) electrons. The molecular formula is C19H19ClN2O5S. The van der Waals surface area contributed by atoms with Crippen LogP contribution in [-0.2, 0) is 23.1 Å². The number of anilines is 1. The number of rotatable bonds is 7. The van der Waals surface area contributed by atoms with Gasteiger partial charge in [0.25, 0.3) is 10.2 Å². The minimum absolute atomic E-state index is 0.139. The Morgan fingerprint density at radius 3 is 2.64 bits per heavy atom. The molecule has 0 saturated carbocycles. The third kappa shape index (κ3) is 4.53. The van der Waals surface area contributed by atoms with E-state index in [4.69, 9.17) is 16.0 Å². The summed E-state index contributed by atoms with van der Waals surface area (Å²) in [5, 5.41) is 10.6. The first-order chi connectivity index (χ1) is 13.3. The summed E-state index contributed by atoms with van der Waals surface area (Å²) in [6, 6.07) is 11.7. The Kier molecular flexibility index (Phi) is 6.04.